The van der Waals surface area contributed by atoms with Crippen molar-refractivity contribution in [2.24, 2.45) is 10.4 Å². The van der Waals surface area contributed by atoms with E-state index < -0.39 is 0 Å². The van der Waals surface area contributed by atoms with Gasteiger partial charge in [-0.15, -0.1) is 0 Å². The molecule has 0 saturated carbocycles. The summed E-state index contributed by atoms with van der Waals surface area (Å²) < 4.78 is 17.2. The highest BCUT2D eigenvalue weighted by Crippen LogP contribution is 2.33. The first kappa shape index (κ1) is 21.6. The molecule has 0 aliphatic carbocycles. The van der Waals surface area contributed by atoms with E-state index >= 15 is 0 Å². The van der Waals surface area contributed by atoms with Crippen LogP contribution in [0.15, 0.2) is 21.6 Å². The van der Waals surface area contributed by atoms with E-state index in [-0.39, 0.29) is 11.5 Å². The third-order valence-corrected chi connectivity index (χ3v) is 4.67. The first-order valence-electron chi connectivity index (χ1n) is 8.14. The van der Waals surface area contributed by atoms with Crippen molar-refractivity contribution in [2.75, 3.05) is 34.9 Å². The van der Waals surface area contributed by atoms with Gasteiger partial charge >= 0.3 is 0 Å². The smallest absolute Gasteiger partial charge is 0.191 e. The SMILES string of the molecule is CN=C(NCc1cc(OC)c(OC)cc1Br)NCC(OC)C(C)(C)C. The van der Waals surface area contributed by atoms with Gasteiger partial charge in [-0.1, -0.05) is 36.7 Å². The minimum absolute atomic E-state index is 0.0486. The van der Waals surface area contributed by atoms with Crippen LogP contribution >= 0.6 is 15.9 Å². The van der Waals surface area contributed by atoms with Gasteiger partial charge in [-0.25, -0.2) is 0 Å². The third-order valence-electron chi connectivity index (χ3n) is 3.93. The summed E-state index contributed by atoms with van der Waals surface area (Å²) in [5.74, 6) is 2.10. The van der Waals surface area contributed by atoms with Crippen LogP contribution in [0.1, 0.15) is 26.3 Å². The zero-order valence-electron chi connectivity index (χ0n) is 16.2. The second-order valence-corrected chi connectivity index (χ2v) is 7.55. The lowest BCUT2D eigenvalue weighted by Crippen LogP contribution is -2.45. The minimum Gasteiger partial charge on any atom is -0.493 e. The molecule has 0 fully saturated rings. The average molecular weight is 416 g/mol. The number of hydrogen-bond acceptors (Lipinski definition) is 4. The van der Waals surface area contributed by atoms with Crippen LogP contribution in [0.25, 0.3) is 0 Å². The maximum atomic E-state index is 5.56. The summed E-state index contributed by atoms with van der Waals surface area (Å²) in [7, 11) is 6.72. The van der Waals surface area contributed by atoms with E-state index in [1.807, 2.05) is 12.1 Å². The third kappa shape index (κ3) is 6.40. The van der Waals surface area contributed by atoms with Crippen LogP contribution in [-0.2, 0) is 11.3 Å². The molecule has 0 spiro atoms. The van der Waals surface area contributed by atoms with Crippen LogP contribution in [0, 0.1) is 5.41 Å². The Kier molecular flexibility index (Phi) is 8.52. The highest BCUT2D eigenvalue weighted by molar-refractivity contribution is 9.10. The first-order chi connectivity index (χ1) is 11.8. The van der Waals surface area contributed by atoms with E-state index in [2.05, 4.69) is 52.3 Å². The fraction of sp³-hybridized carbons (Fsp3) is 0.611. The molecule has 6 nitrogen and oxygen atoms in total. The normalized spacial score (nSPS) is 13.4. The Balaban J connectivity index is 2.72. The quantitative estimate of drug-likeness (QED) is 0.528. The number of halogens is 1. The van der Waals surface area contributed by atoms with Gasteiger partial charge in [-0.05, 0) is 23.1 Å². The molecule has 0 bridgehead atoms. The van der Waals surface area contributed by atoms with Crippen LogP contribution in [0.4, 0.5) is 0 Å². The number of nitrogens with zero attached hydrogens (tertiary/aromatic N) is 1. The van der Waals surface area contributed by atoms with Crippen LogP contribution in [-0.4, -0.2) is 47.0 Å². The van der Waals surface area contributed by atoms with Crippen molar-refractivity contribution in [3.05, 3.63) is 22.2 Å². The summed E-state index contributed by atoms with van der Waals surface area (Å²) in [6, 6.07) is 3.84. The van der Waals surface area contributed by atoms with Gasteiger partial charge in [0.05, 0.1) is 20.3 Å². The molecule has 1 unspecified atom stereocenters. The molecule has 1 aromatic carbocycles. The molecule has 7 heteroatoms. The Morgan fingerprint density at radius 3 is 2.20 bits per heavy atom. The fourth-order valence-corrected chi connectivity index (χ4v) is 2.83. The number of guanidine groups is 1. The summed E-state index contributed by atoms with van der Waals surface area (Å²) in [6.45, 7) is 7.72. The maximum Gasteiger partial charge on any atom is 0.191 e. The molecule has 2 N–H and O–H groups in total. The number of methoxy groups -OCH3 is 3. The predicted molar refractivity (Wildman–Crippen MR) is 106 cm³/mol. The molecular formula is C18H30BrN3O3. The van der Waals surface area contributed by atoms with E-state index in [9.17, 15) is 0 Å². The summed E-state index contributed by atoms with van der Waals surface area (Å²) in [6.07, 6.45) is 0.0823. The number of nitrogens with one attached hydrogen (secondary N) is 2. The zero-order valence-corrected chi connectivity index (χ0v) is 17.8. The van der Waals surface area contributed by atoms with Gasteiger partial charge in [0.15, 0.2) is 17.5 Å². The molecule has 0 heterocycles. The van der Waals surface area contributed by atoms with Crippen LogP contribution in [0.2, 0.25) is 0 Å². The maximum absolute atomic E-state index is 5.56. The van der Waals surface area contributed by atoms with Crippen molar-refractivity contribution in [2.45, 2.75) is 33.4 Å². The number of benzene rings is 1. The molecule has 0 saturated heterocycles. The lowest BCUT2D eigenvalue weighted by atomic mass is 9.89. The van der Waals surface area contributed by atoms with Gasteiger partial charge in [0, 0.05) is 31.7 Å². The van der Waals surface area contributed by atoms with E-state index in [0.29, 0.717) is 30.5 Å². The highest BCUT2D eigenvalue weighted by Gasteiger charge is 2.24. The summed E-state index contributed by atoms with van der Waals surface area (Å²) in [4.78, 5) is 4.27. The lowest BCUT2D eigenvalue weighted by molar-refractivity contribution is 0.0205. The molecule has 0 amide bonds. The van der Waals surface area contributed by atoms with Crippen molar-refractivity contribution in [3.63, 3.8) is 0 Å². The Morgan fingerprint density at radius 1 is 1.12 bits per heavy atom. The van der Waals surface area contributed by atoms with Gasteiger partial charge in [0.1, 0.15) is 0 Å². The highest BCUT2D eigenvalue weighted by atomic mass is 79.9. The molecule has 0 aliphatic heterocycles. The standard InChI is InChI=1S/C18H30BrN3O3/c1-18(2,3)16(25-7)11-22-17(20-4)21-10-12-8-14(23-5)15(24-6)9-13(12)19/h8-9,16H,10-11H2,1-7H3,(H2,20,21,22). The van der Waals surface area contributed by atoms with Crippen LogP contribution in [0.3, 0.4) is 0 Å². The Hall–Kier alpha value is -1.47. The second-order valence-electron chi connectivity index (χ2n) is 6.70. The van der Waals surface area contributed by atoms with Gasteiger partial charge < -0.3 is 24.8 Å². The number of aliphatic imine (C=N–C) groups is 1. The Bertz CT molecular complexity index is 586. The minimum atomic E-state index is 0.0486. The van der Waals surface area contributed by atoms with E-state index in [4.69, 9.17) is 14.2 Å². The summed E-state index contributed by atoms with van der Waals surface area (Å²) in [5, 5.41) is 6.61. The number of rotatable bonds is 7. The summed E-state index contributed by atoms with van der Waals surface area (Å²) >= 11 is 3.57. The topological polar surface area (TPSA) is 64.1 Å². The monoisotopic (exact) mass is 415 g/mol. The van der Waals surface area contributed by atoms with Crippen LogP contribution in [0.5, 0.6) is 11.5 Å². The molecule has 0 radical (unpaired) electrons. The molecular weight excluding hydrogens is 386 g/mol. The largest absolute Gasteiger partial charge is 0.493 e. The molecule has 1 atom stereocenters. The predicted octanol–water partition coefficient (Wildman–Crippen LogP) is 3.19. The van der Waals surface area contributed by atoms with E-state index in [1.165, 1.54) is 0 Å². The van der Waals surface area contributed by atoms with Gasteiger partial charge in [0.25, 0.3) is 0 Å². The van der Waals surface area contributed by atoms with Crippen molar-refractivity contribution in [3.8, 4) is 11.5 Å². The average Bonchev–Trinajstić information content (AvgIpc) is 2.57. The Morgan fingerprint density at radius 2 is 1.72 bits per heavy atom. The molecule has 0 aromatic heterocycles. The van der Waals surface area contributed by atoms with Gasteiger partial charge in [-0.3, -0.25) is 4.99 Å². The van der Waals surface area contributed by atoms with Crippen LogP contribution < -0.4 is 20.1 Å². The number of hydrogen-bond donors (Lipinski definition) is 2. The van der Waals surface area contributed by atoms with E-state index in [1.54, 1.807) is 28.4 Å². The molecule has 1 rings (SSSR count). The van der Waals surface area contributed by atoms with E-state index in [0.717, 1.165) is 10.0 Å². The van der Waals surface area contributed by atoms with Gasteiger partial charge in [0.2, 0.25) is 0 Å². The molecule has 0 aliphatic rings. The van der Waals surface area contributed by atoms with Crippen molar-refractivity contribution < 1.29 is 14.2 Å². The zero-order chi connectivity index (χ0) is 19.0. The van der Waals surface area contributed by atoms with Crippen molar-refractivity contribution >= 4 is 21.9 Å². The van der Waals surface area contributed by atoms with Crippen molar-refractivity contribution in [1.29, 1.82) is 0 Å². The first-order valence-corrected chi connectivity index (χ1v) is 8.93. The molecule has 142 valence electrons. The summed E-state index contributed by atoms with van der Waals surface area (Å²) in [5.41, 5.74) is 1.09. The van der Waals surface area contributed by atoms with Gasteiger partial charge in [-0.2, -0.15) is 0 Å². The molecule has 25 heavy (non-hydrogen) atoms. The Labute approximate surface area is 159 Å². The van der Waals surface area contributed by atoms with Crippen molar-refractivity contribution in [1.82, 2.24) is 10.6 Å². The molecule has 1 aromatic rings. The lowest BCUT2D eigenvalue weighted by Gasteiger charge is -2.30. The number of ether oxygens (including phenoxy) is 3. The fourth-order valence-electron chi connectivity index (χ4n) is 2.36. The second kappa shape index (κ2) is 9.87.